The van der Waals surface area contributed by atoms with Crippen molar-refractivity contribution in [3.8, 4) is 0 Å². The standard InChI is InChI=1S/C13H16ClNO5S/c1-9-8-15(5-6-20-9)21(17,18)12-4-3-10(7-11(12)14)13(16)19-2/h3-4,7,9H,5-6,8H2,1-2H3/t9-/m0/s1. The lowest BCUT2D eigenvalue weighted by Gasteiger charge is -2.30. The molecule has 2 rings (SSSR count). The lowest BCUT2D eigenvalue weighted by atomic mass is 10.2. The monoisotopic (exact) mass is 333 g/mol. The lowest BCUT2D eigenvalue weighted by Crippen LogP contribution is -2.44. The molecule has 1 aromatic rings. The molecule has 116 valence electrons. The van der Waals surface area contributed by atoms with Gasteiger partial charge in [-0.2, -0.15) is 4.31 Å². The summed E-state index contributed by atoms with van der Waals surface area (Å²) in [5.41, 5.74) is 0.205. The molecule has 1 atom stereocenters. The Morgan fingerprint density at radius 3 is 2.76 bits per heavy atom. The first-order chi connectivity index (χ1) is 9.86. The molecule has 8 heteroatoms. The summed E-state index contributed by atoms with van der Waals surface area (Å²) in [5.74, 6) is -0.569. The Kier molecular flexibility index (Phi) is 4.88. The number of hydrogen-bond acceptors (Lipinski definition) is 5. The minimum atomic E-state index is -3.71. The fourth-order valence-corrected chi connectivity index (χ4v) is 4.12. The molecule has 0 N–H and O–H groups in total. The fraction of sp³-hybridized carbons (Fsp3) is 0.462. The molecule has 0 saturated carbocycles. The molecule has 6 nitrogen and oxygen atoms in total. The molecule has 0 unspecified atom stereocenters. The largest absolute Gasteiger partial charge is 0.465 e. The molecule has 1 aromatic carbocycles. The average Bonchev–Trinajstić information content (AvgIpc) is 2.46. The zero-order valence-electron chi connectivity index (χ0n) is 11.7. The molecular formula is C13H16ClNO5S. The van der Waals surface area contributed by atoms with Crippen LogP contribution in [0.25, 0.3) is 0 Å². The highest BCUT2D eigenvalue weighted by atomic mass is 35.5. The van der Waals surface area contributed by atoms with Crippen LogP contribution in [0.1, 0.15) is 17.3 Å². The first-order valence-electron chi connectivity index (χ1n) is 6.36. The van der Waals surface area contributed by atoms with Gasteiger partial charge in [-0.15, -0.1) is 0 Å². The molecule has 1 aliphatic rings. The summed E-state index contributed by atoms with van der Waals surface area (Å²) in [7, 11) is -2.46. The Hall–Kier alpha value is -1.15. The van der Waals surface area contributed by atoms with Crippen LogP contribution in [-0.4, -0.2) is 51.6 Å². The number of nitrogens with zero attached hydrogens (tertiary/aromatic N) is 1. The number of rotatable bonds is 3. The first kappa shape index (κ1) is 16.2. The number of benzene rings is 1. The van der Waals surface area contributed by atoms with E-state index in [1.807, 2.05) is 6.92 Å². The van der Waals surface area contributed by atoms with Gasteiger partial charge in [-0.05, 0) is 25.1 Å². The van der Waals surface area contributed by atoms with Gasteiger partial charge >= 0.3 is 5.97 Å². The van der Waals surface area contributed by atoms with Crippen LogP contribution in [0.4, 0.5) is 0 Å². The second-order valence-corrected chi connectivity index (χ2v) is 6.99. The van der Waals surface area contributed by atoms with E-state index in [1.54, 1.807) is 0 Å². The van der Waals surface area contributed by atoms with Gasteiger partial charge in [0.2, 0.25) is 10.0 Å². The van der Waals surface area contributed by atoms with E-state index in [9.17, 15) is 13.2 Å². The predicted molar refractivity (Wildman–Crippen MR) is 77.0 cm³/mol. The van der Waals surface area contributed by atoms with Gasteiger partial charge in [0.15, 0.2) is 0 Å². The van der Waals surface area contributed by atoms with Crippen molar-refractivity contribution in [1.29, 1.82) is 0 Å². The van der Waals surface area contributed by atoms with E-state index in [-0.39, 0.29) is 34.7 Å². The number of carbonyl (C=O) groups is 1. The number of hydrogen-bond donors (Lipinski definition) is 0. The molecule has 0 bridgehead atoms. The number of methoxy groups -OCH3 is 1. The number of carbonyl (C=O) groups excluding carboxylic acids is 1. The molecule has 0 aliphatic carbocycles. The summed E-state index contributed by atoms with van der Waals surface area (Å²) in [6, 6.07) is 4.00. The van der Waals surface area contributed by atoms with Gasteiger partial charge in [-0.3, -0.25) is 0 Å². The molecule has 1 heterocycles. The predicted octanol–water partition coefficient (Wildman–Crippen LogP) is 1.54. The Morgan fingerprint density at radius 2 is 2.19 bits per heavy atom. The third kappa shape index (κ3) is 3.37. The van der Waals surface area contributed by atoms with Crippen molar-refractivity contribution < 1.29 is 22.7 Å². The highest BCUT2D eigenvalue weighted by molar-refractivity contribution is 7.89. The van der Waals surface area contributed by atoms with Gasteiger partial charge in [0.05, 0.1) is 30.4 Å². The Bertz CT molecular complexity index is 646. The second kappa shape index (κ2) is 6.31. The van der Waals surface area contributed by atoms with Crippen LogP contribution in [0.15, 0.2) is 23.1 Å². The van der Waals surface area contributed by atoms with Crippen LogP contribution in [0.2, 0.25) is 5.02 Å². The van der Waals surface area contributed by atoms with Crippen molar-refractivity contribution in [1.82, 2.24) is 4.31 Å². The fourth-order valence-electron chi connectivity index (χ4n) is 2.10. The number of esters is 1. The van der Waals surface area contributed by atoms with Crippen molar-refractivity contribution in [2.75, 3.05) is 26.8 Å². The van der Waals surface area contributed by atoms with Crippen molar-refractivity contribution in [3.05, 3.63) is 28.8 Å². The highest BCUT2D eigenvalue weighted by Crippen LogP contribution is 2.27. The number of halogens is 1. The van der Waals surface area contributed by atoms with Gasteiger partial charge < -0.3 is 9.47 Å². The van der Waals surface area contributed by atoms with Crippen molar-refractivity contribution in [2.45, 2.75) is 17.9 Å². The Labute approximate surface area is 128 Å². The zero-order valence-corrected chi connectivity index (χ0v) is 13.3. The van der Waals surface area contributed by atoms with Crippen LogP contribution in [-0.2, 0) is 19.5 Å². The van der Waals surface area contributed by atoms with Gasteiger partial charge in [0, 0.05) is 13.1 Å². The van der Waals surface area contributed by atoms with E-state index in [0.717, 1.165) is 0 Å². The number of ether oxygens (including phenoxy) is 2. The Morgan fingerprint density at radius 1 is 1.48 bits per heavy atom. The average molecular weight is 334 g/mol. The minimum Gasteiger partial charge on any atom is -0.465 e. The molecule has 21 heavy (non-hydrogen) atoms. The highest BCUT2D eigenvalue weighted by Gasteiger charge is 2.31. The maximum atomic E-state index is 12.6. The van der Waals surface area contributed by atoms with Gasteiger partial charge in [0.25, 0.3) is 0 Å². The van der Waals surface area contributed by atoms with E-state index in [2.05, 4.69) is 4.74 Å². The van der Waals surface area contributed by atoms with Crippen LogP contribution in [0, 0.1) is 0 Å². The summed E-state index contributed by atoms with van der Waals surface area (Å²) < 4.78 is 36.4. The Balaban J connectivity index is 2.34. The van der Waals surface area contributed by atoms with Crippen molar-refractivity contribution >= 4 is 27.6 Å². The quantitative estimate of drug-likeness (QED) is 0.784. The molecule has 1 saturated heterocycles. The van der Waals surface area contributed by atoms with E-state index >= 15 is 0 Å². The van der Waals surface area contributed by atoms with Crippen LogP contribution in [0.5, 0.6) is 0 Å². The van der Waals surface area contributed by atoms with Crippen LogP contribution >= 0.6 is 11.6 Å². The summed E-state index contributed by atoms with van der Waals surface area (Å²) in [6.45, 7) is 2.71. The summed E-state index contributed by atoms with van der Waals surface area (Å²) in [4.78, 5) is 11.4. The van der Waals surface area contributed by atoms with E-state index in [0.29, 0.717) is 6.61 Å². The molecule has 0 aromatic heterocycles. The van der Waals surface area contributed by atoms with Gasteiger partial charge in [0.1, 0.15) is 4.90 Å². The van der Waals surface area contributed by atoms with Gasteiger partial charge in [-0.1, -0.05) is 11.6 Å². The normalized spacial score (nSPS) is 20.2. The number of sulfonamides is 1. The van der Waals surface area contributed by atoms with Crippen molar-refractivity contribution in [2.24, 2.45) is 0 Å². The number of morpholine rings is 1. The van der Waals surface area contributed by atoms with Crippen molar-refractivity contribution in [3.63, 3.8) is 0 Å². The third-order valence-corrected chi connectivity index (χ3v) is 5.52. The third-order valence-electron chi connectivity index (χ3n) is 3.17. The topological polar surface area (TPSA) is 72.9 Å². The minimum absolute atomic E-state index is 0.00274. The lowest BCUT2D eigenvalue weighted by molar-refractivity contribution is 0.0102. The zero-order chi connectivity index (χ0) is 15.6. The van der Waals surface area contributed by atoms with Crippen LogP contribution < -0.4 is 0 Å². The maximum absolute atomic E-state index is 12.6. The molecule has 0 spiro atoms. The van der Waals surface area contributed by atoms with Gasteiger partial charge in [-0.25, -0.2) is 13.2 Å². The molecule has 0 radical (unpaired) electrons. The smallest absolute Gasteiger partial charge is 0.337 e. The molecule has 0 amide bonds. The second-order valence-electron chi connectivity index (χ2n) is 4.68. The summed E-state index contributed by atoms with van der Waals surface area (Å²) >= 11 is 6.03. The molecular weight excluding hydrogens is 318 g/mol. The SMILES string of the molecule is COC(=O)c1ccc(S(=O)(=O)N2CCO[C@@H](C)C2)c(Cl)c1. The molecule has 1 aliphatic heterocycles. The maximum Gasteiger partial charge on any atom is 0.337 e. The first-order valence-corrected chi connectivity index (χ1v) is 8.17. The summed E-state index contributed by atoms with van der Waals surface area (Å²) in [5, 5.41) is -0.00274. The molecule has 1 fully saturated rings. The van der Waals surface area contributed by atoms with E-state index < -0.39 is 16.0 Å². The van der Waals surface area contributed by atoms with E-state index in [4.69, 9.17) is 16.3 Å². The van der Waals surface area contributed by atoms with E-state index in [1.165, 1.54) is 29.6 Å². The van der Waals surface area contributed by atoms with Crippen LogP contribution in [0.3, 0.4) is 0 Å². The summed E-state index contributed by atoms with van der Waals surface area (Å²) in [6.07, 6.45) is -0.165.